The van der Waals surface area contributed by atoms with Crippen LogP contribution >= 0.6 is 0 Å². The molecule has 0 aromatic carbocycles. The largest absolute Gasteiger partial charge is 0.394 e. The lowest BCUT2D eigenvalue weighted by molar-refractivity contribution is -0.0489. The summed E-state index contributed by atoms with van der Waals surface area (Å²) < 4.78 is 8.81. The normalized spacial score (nSPS) is 26.9. The third kappa shape index (κ3) is 2.50. The highest BCUT2D eigenvalue weighted by molar-refractivity contribution is 4.95. The third-order valence-electron chi connectivity index (χ3n) is 3.12. The molecule has 8 nitrogen and oxygen atoms in total. The zero-order chi connectivity index (χ0) is 13.2. The molecule has 2 aromatic heterocycles. The number of aliphatic hydroxyl groups excluding tert-OH is 2. The summed E-state index contributed by atoms with van der Waals surface area (Å²) in [5.41, 5.74) is 0.759. The fourth-order valence-corrected chi connectivity index (χ4v) is 2.13. The van der Waals surface area contributed by atoms with Gasteiger partial charge in [-0.25, -0.2) is 4.68 Å². The number of aliphatic hydroxyl groups is 2. The van der Waals surface area contributed by atoms with Gasteiger partial charge in [-0.3, -0.25) is 4.68 Å². The molecule has 102 valence electrons. The first-order chi connectivity index (χ1) is 9.26. The zero-order valence-corrected chi connectivity index (χ0v) is 10.2. The molecule has 3 rings (SSSR count). The first-order valence-corrected chi connectivity index (χ1v) is 6.09. The lowest BCUT2D eigenvalue weighted by Gasteiger charge is -2.11. The minimum atomic E-state index is -0.672. The van der Waals surface area contributed by atoms with Crippen molar-refractivity contribution in [1.29, 1.82) is 0 Å². The number of rotatable bonds is 4. The van der Waals surface area contributed by atoms with Gasteiger partial charge < -0.3 is 14.9 Å². The van der Waals surface area contributed by atoms with Crippen molar-refractivity contribution in [3.05, 3.63) is 30.4 Å². The number of nitrogens with zero attached hydrogens (tertiary/aromatic N) is 5. The Labute approximate surface area is 109 Å². The monoisotopic (exact) mass is 265 g/mol. The van der Waals surface area contributed by atoms with Crippen LogP contribution in [0.2, 0.25) is 0 Å². The lowest BCUT2D eigenvalue weighted by atomic mass is 10.2. The van der Waals surface area contributed by atoms with E-state index in [9.17, 15) is 5.11 Å². The van der Waals surface area contributed by atoms with E-state index in [0.717, 1.165) is 5.69 Å². The Morgan fingerprint density at radius 1 is 1.47 bits per heavy atom. The summed E-state index contributed by atoms with van der Waals surface area (Å²) in [6, 6.07) is 1.84. The van der Waals surface area contributed by atoms with Crippen molar-refractivity contribution in [2.75, 3.05) is 6.61 Å². The number of hydrogen-bond acceptors (Lipinski definition) is 6. The van der Waals surface area contributed by atoms with Gasteiger partial charge in [0.25, 0.3) is 0 Å². The Morgan fingerprint density at radius 3 is 3.05 bits per heavy atom. The standard InChI is InChI=1S/C11H15N5O3/c17-7-10-9(18)4-11(19-10)16-6-8(13-14-16)5-15-3-1-2-12-15/h1-3,6,9-11,17-18H,4-5,7H2/t9-,10+,11+/m0/s1. The second kappa shape index (κ2) is 5.08. The maximum atomic E-state index is 9.67. The molecule has 0 spiro atoms. The van der Waals surface area contributed by atoms with E-state index in [1.54, 1.807) is 21.8 Å². The van der Waals surface area contributed by atoms with Crippen LogP contribution in [0.1, 0.15) is 18.3 Å². The quantitative estimate of drug-likeness (QED) is 0.748. The molecule has 0 unspecified atom stereocenters. The van der Waals surface area contributed by atoms with Crippen molar-refractivity contribution < 1.29 is 14.9 Å². The van der Waals surface area contributed by atoms with E-state index in [1.807, 2.05) is 12.3 Å². The van der Waals surface area contributed by atoms with Crippen LogP contribution in [0.15, 0.2) is 24.7 Å². The Morgan fingerprint density at radius 2 is 2.37 bits per heavy atom. The Bertz CT molecular complexity index is 526. The lowest BCUT2D eigenvalue weighted by Crippen LogP contribution is -2.24. The summed E-state index contributed by atoms with van der Waals surface area (Å²) in [5.74, 6) is 0. The number of hydrogen-bond donors (Lipinski definition) is 2. The van der Waals surface area contributed by atoms with Gasteiger partial charge >= 0.3 is 0 Å². The summed E-state index contributed by atoms with van der Waals surface area (Å²) in [4.78, 5) is 0. The van der Waals surface area contributed by atoms with Gasteiger partial charge in [0.2, 0.25) is 0 Å². The molecule has 0 amide bonds. The summed E-state index contributed by atoms with van der Waals surface area (Å²) in [6.07, 6.45) is 4.10. The molecule has 8 heteroatoms. The van der Waals surface area contributed by atoms with Crippen LogP contribution in [0.5, 0.6) is 0 Å². The van der Waals surface area contributed by atoms with Crippen LogP contribution in [-0.4, -0.2) is 53.8 Å². The molecule has 19 heavy (non-hydrogen) atoms. The number of aromatic nitrogens is 5. The van der Waals surface area contributed by atoms with Gasteiger partial charge in [0.1, 0.15) is 11.8 Å². The van der Waals surface area contributed by atoms with E-state index in [4.69, 9.17) is 9.84 Å². The van der Waals surface area contributed by atoms with E-state index >= 15 is 0 Å². The van der Waals surface area contributed by atoms with Crippen LogP contribution in [0, 0.1) is 0 Å². The van der Waals surface area contributed by atoms with Gasteiger partial charge in [0.15, 0.2) is 6.23 Å². The second-order valence-electron chi connectivity index (χ2n) is 4.51. The second-order valence-corrected chi connectivity index (χ2v) is 4.51. The molecular weight excluding hydrogens is 250 g/mol. The Balaban J connectivity index is 1.68. The zero-order valence-electron chi connectivity index (χ0n) is 10.2. The molecule has 0 aliphatic carbocycles. The van der Waals surface area contributed by atoms with Crippen LogP contribution in [0.4, 0.5) is 0 Å². The Hall–Kier alpha value is -1.77. The highest BCUT2D eigenvalue weighted by Gasteiger charge is 2.35. The van der Waals surface area contributed by atoms with Crippen molar-refractivity contribution in [3.63, 3.8) is 0 Å². The fraction of sp³-hybridized carbons (Fsp3) is 0.545. The van der Waals surface area contributed by atoms with E-state index in [1.165, 1.54) is 0 Å². The van der Waals surface area contributed by atoms with Gasteiger partial charge in [0.05, 0.1) is 25.5 Å². The Kier molecular flexibility index (Phi) is 3.28. The molecule has 0 saturated carbocycles. The molecule has 2 N–H and O–H groups in total. The average Bonchev–Trinajstić information content (AvgIpc) is 3.10. The highest BCUT2D eigenvalue weighted by Crippen LogP contribution is 2.27. The summed E-state index contributed by atoms with van der Waals surface area (Å²) in [5, 5.41) is 30.8. The first kappa shape index (κ1) is 12.3. The number of ether oxygens (including phenoxy) is 1. The van der Waals surface area contributed by atoms with Crippen LogP contribution in [0.3, 0.4) is 0 Å². The molecule has 1 fully saturated rings. The van der Waals surface area contributed by atoms with E-state index in [2.05, 4.69) is 15.4 Å². The molecule has 0 bridgehead atoms. The predicted molar refractivity (Wildman–Crippen MR) is 63.0 cm³/mol. The first-order valence-electron chi connectivity index (χ1n) is 6.09. The summed E-state index contributed by atoms with van der Waals surface area (Å²) in [6.45, 7) is 0.332. The summed E-state index contributed by atoms with van der Waals surface area (Å²) in [7, 11) is 0. The summed E-state index contributed by atoms with van der Waals surface area (Å²) >= 11 is 0. The van der Waals surface area contributed by atoms with Crippen molar-refractivity contribution in [3.8, 4) is 0 Å². The van der Waals surface area contributed by atoms with Crippen molar-refractivity contribution in [2.45, 2.75) is 31.4 Å². The van der Waals surface area contributed by atoms with Gasteiger partial charge in [0, 0.05) is 18.8 Å². The van der Waals surface area contributed by atoms with E-state index in [-0.39, 0.29) is 12.8 Å². The molecule has 1 saturated heterocycles. The third-order valence-corrected chi connectivity index (χ3v) is 3.12. The van der Waals surface area contributed by atoms with E-state index in [0.29, 0.717) is 13.0 Å². The maximum Gasteiger partial charge on any atom is 0.155 e. The van der Waals surface area contributed by atoms with Crippen LogP contribution in [0.25, 0.3) is 0 Å². The van der Waals surface area contributed by atoms with Gasteiger partial charge in [-0.2, -0.15) is 5.10 Å². The van der Waals surface area contributed by atoms with Crippen molar-refractivity contribution in [1.82, 2.24) is 24.8 Å². The molecule has 3 atom stereocenters. The molecule has 0 radical (unpaired) electrons. The van der Waals surface area contributed by atoms with Crippen LogP contribution < -0.4 is 0 Å². The van der Waals surface area contributed by atoms with Gasteiger partial charge in [-0.1, -0.05) is 5.21 Å². The van der Waals surface area contributed by atoms with E-state index < -0.39 is 12.2 Å². The highest BCUT2D eigenvalue weighted by atomic mass is 16.5. The van der Waals surface area contributed by atoms with Crippen molar-refractivity contribution >= 4 is 0 Å². The molecule has 3 heterocycles. The average molecular weight is 265 g/mol. The predicted octanol–water partition coefficient (Wildman–Crippen LogP) is -0.836. The molecule has 2 aromatic rings. The van der Waals surface area contributed by atoms with Gasteiger partial charge in [-0.05, 0) is 6.07 Å². The maximum absolute atomic E-state index is 9.67. The van der Waals surface area contributed by atoms with Crippen LogP contribution in [-0.2, 0) is 11.3 Å². The van der Waals surface area contributed by atoms with Gasteiger partial charge in [-0.15, -0.1) is 5.10 Å². The smallest absolute Gasteiger partial charge is 0.155 e. The molecule has 1 aliphatic heterocycles. The SMILES string of the molecule is OC[C@H]1O[C@@H](n2cc(Cn3cccn3)nn2)C[C@@H]1O. The minimum Gasteiger partial charge on any atom is -0.394 e. The fourth-order valence-electron chi connectivity index (χ4n) is 2.13. The molecular formula is C11H15N5O3. The molecule has 1 aliphatic rings. The topological polar surface area (TPSA) is 98.2 Å². The van der Waals surface area contributed by atoms with Crippen molar-refractivity contribution in [2.24, 2.45) is 0 Å². The minimum absolute atomic E-state index is 0.202.